The third-order valence-electron chi connectivity index (χ3n) is 3.99. The summed E-state index contributed by atoms with van der Waals surface area (Å²) in [7, 11) is -0.981. The average Bonchev–Trinajstić information content (AvgIpc) is 2.63. The van der Waals surface area contributed by atoms with Crippen molar-refractivity contribution in [3.63, 3.8) is 0 Å². The van der Waals surface area contributed by atoms with Gasteiger partial charge in [-0.1, -0.05) is 18.2 Å². The third kappa shape index (κ3) is 4.73. The lowest BCUT2D eigenvalue weighted by Crippen LogP contribution is -2.30. The van der Waals surface area contributed by atoms with Crippen LogP contribution in [0.5, 0.6) is 0 Å². The summed E-state index contributed by atoms with van der Waals surface area (Å²) in [6.07, 6.45) is -1.22. The van der Waals surface area contributed by atoms with Crippen molar-refractivity contribution < 1.29 is 27.1 Å². The molecular weight excluding hydrogens is 387 g/mol. The van der Waals surface area contributed by atoms with Gasteiger partial charge in [-0.3, -0.25) is 4.79 Å². The van der Waals surface area contributed by atoms with E-state index in [4.69, 9.17) is 4.74 Å². The zero-order valence-electron chi connectivity index (χ0n) is 15.9. The van der Waals surface area contributed by atoms with E-state index in [9.17, 15) is 22.4 Å². The summed E-state index contributed by atoms with van der Waals surface area (Å²) < 4.78 is 44.3. The number of para-hydroxylation sites is 1. The number of nitrogens with one attached hydrogen (secondary N) is 1. The Balaban J connectivity index is 2.18. The lowest BCUT2D eigenvalue weighted by molar-refractivity contribution is -0.123. The van der Waals surface area contributed by atoms with Crippen LogP contribution >= 0.6 is 0 Å². The number of aryl methyl sites for hydroxylation is 1. The fourth-order valence-electron chi connectivity index (χ4n) is 2.27. The highest BCUT2D eigenvalue weighted by atomic mass is 32.2. The van der Waals surface area contributed by atoms with Gasteiger partial charge in [-0.2, -0.15) is 0 Å². The lowest BCUT2D eigenvalue weighted by Gasteiger charge is -2.16. The zero-order chi connectivity index (χ0) is 21.1. The molecule has 9 heteroatoms. The fourth-order valence-corrected chi connectivity index (χ4v) is 3.20. The number of amides is 1. The number of hydrogen-bond acceptors (Lipinski definition) is 5. The number of hydrogen-bond donors (Lipinski definition) is 1. The number of anilines is 1. The van der Waals surface area contributed by atoms with E-state index >= 15 is 0 Å². The molecule has 0 radical (unpaired) electrons. The largest absolute Gasteiger partial charge is 0.449 e. The van der Waals surface area contributed by atoms with Crippen LogP contribution in [0.2, 0.25) is 0 Å². The number of nitrogens with zero attached hydrogens (tertiary/aromatic N) is 1. The average molecular weight is 408 g/mol. The lowest BCUT2D eigenvalue weighted by atomic mass is 10.1. The molecule has 1 atom stereocenters. The minimum atomic E-state index is -3.74. The molecule has 1 N–H and O–H groups in total. The second kappa shape index (κ2) is 8.49. The van der Waals surface area contributed by atoms with Crippen molar-refractivity contribution in [2.24, 2.45) is 0 Å². The highest BCUT2D eigenvalue weighted by molar-refractivity contribution is 7.89. The first kappa shape index (κ1) is 21.5. The first-order valence-corrected chi connectivity index (χ1v) is 9.77. The SMILES string of the molecule is Cc1ccc(S(=O)(=O)N(C)C)cc1C(=O)O[C@H](C)C(=O)Nc1ccccc1F. The van der Waals surface area contributed by atoms with E-state index in [1.165, 1.54) is 57.4 Å². The second-order valence-electron chi connectivity index (χ2n) is 6.28. The number of carbonyl (C=O) groups excluding carboxylic acids is 2. The standard InChI is InChI=1S/C19H21FN2O5S/c1-12-9-10-14(28(25,26)22(3)4)11-15(12)19(24)27-13(2)18(23)21-17-8-6-5-7-16(17)20/h5-11,13H,1-4H3,(H,21,23)/t13-/m1/s1. The molecule has 28 heavy (non-hydrogen) atoms. The summed E-state index contributed by atoms with van der Waals surface area (Å²) in [6.45, 7) is 2.95. The molecule has 0 fully saturated rings. The highest BCUT2D eigenvalue weighted by Gasteiger charge is 2.24. The maximum absolute atomic E-state index is 13.6. The fraction of sp³-hybridized carbons (Fsp3) is 0.263. The molecule has 0 heterocycles. The Bertz CT molecular complexity index is 1010. The van der Waals surface area contributed by atoms with Crippen molar-refractivity contribution in [2.75, 3.05) is 19.4 Å². The van der Waals surface area contributed by atoms with Crippen LogP contribution in [0, 0.1) is 12.7 Å². The van der Waals surface area contributed by atoms with E-state index in [0.29, 0.717) is 5.56 Å². The Hall–Kier alpha value is -2.78. The predicted octanol–water partition coefficient (Wildman–Crippen LogP) is 2.57. The van der Waals surface area contributed by atoms with Crippen molar-refractivity contribution in [3.8, 4) is 0 Å². The summed E-state index contributed by atoms with van der Waals surface area (Å²) in [5.74, 6) is -2.19. The molecule has 0 spiro atoms. The second-order valence-corrected chi connectivity index (χ2v) is 8.43. The van der Waals surface area contributed by atoms with Crippen molar-refractivity contribution >= 4 is 27.6 Å². The Morgan fingerprint density at radius 2 is 1.79 bits per heavy atom. The van der Waals surface area contributed by atoms with Gasteiger partial charge in [0.05, 0.1) is 16.1 Å². The Morgan fingerprint density at radius 1 is 1.14 bits per heavy atom. The molecule has 1 amide bonds. The molecule has 7 nitrogen and oxygen atoms in total. The van der Waals surface area contributed by atoms with Gasteiger partial charge in [-0.25, -0.2) is 21.9 Å². The number of sulfonamides is 1. The van der Waals surface area contributed by atoms with Crippen molar-refractivity contribution in [1.29, 1.82) is 0 Å². The molecule has 150 valence electrons. The minimum absolute atomic E-state index is 0.0217. The van der Waals surface area contributed by atoms with Crippen LogP contribution in [0.3, 0.4) is 0 Å². The number of benzene rings is 2. The van der Waals surface area contributed by atoms with Gasteiger partial charge in [0.15, 0.2) is 6.10 Å². The van der Waals surface area contributed by atoms with Gasteiger partial charge in [-0.15, -0.1) is 0 Å². The van der Waals surface area contributed by atoms with E-state index in [2.05, 4.69) is 5.32 Å². The molecular formula is C19H21FN2O5S. The van der Waals surface area contributed by atoms with Crippen LogP contribution in [-0.2, 0) is 19.6 Å². The third-order valence-corrected chi connectivity index (χ3v) is 5.80. The van der Waals surface area contributed by atoms with E-state index in [1.54, 1.807) is 13.0 Å². The molecule has 2 rings (SSSR count). The van der Waals surface area contributed by atoms with Gasteiger partial charge in [-0.05, 0) is 43.7 Å². The molecule has 0 unspecified atom stereocenters. The van der Waals surface area contributed by atoms with Gasteiger partial charge in [0.1, 0.15) is 5.82 Å². The van der Waals surface area contributed by atoms with Crippen LogP contribution in [0.1, 0.15) is 22.8 Å². The molecule has 0 aliphatic carbocycles. The van der Waals surface area contributed by atoms with E-state index in [1.807, 2.05) is 0 Å². The van der Waals surface area contributed by atoms with Gasteiger partial charge in [0.2, 0.25) is 10.0 Å². The Kier molecular flexibility index (Phi) is 6.52. The zero-order valence-corrected chi connectivity index (χ0v) is 16.7. The topological polar surface area (TPSA) is 92.8 Å². The first-order chi connectivity index (χ1) is 13.0. The monoisotopic (exact) mass is 408 g/mol. The van der Waals surface area contributed by atoms with Crippen LogP contribution in [0.15, 0.2) is 47.4 Å². The molecule has 0 bridgehead atoms. The number of esters is 1. The summed E-state index contributed by atoms with van der Waals surface area (Å²) >= 11 is 0. The van der Waals surface area contributed by atoms with Gasteiger partial charge in [0.25, 0.3) is 5.91 Å². The van der Waals surface area contributed by atoms with Crippen molar-refractivity contribution in [2.45, 2.75) is 24.8 Å². The van der Waals surface area contributed by atoms with Crippen LogP contribution in [0.4, 0.5) is 10.1 Å². The van der Waals surface area contributed by atoms with Crippen LogP contribution in [0.25, 0.3) is 0 Å². The molecule has 0 saturated heterocycles. The van der Waals surface area contributed by atoms with E-state index in [-0.39, 0.29) is 16.1 Å². The predicted molar refractivity (Wildman–Crippen MR) is 102 cm³/mol. The van der Waals surface area contributed by atoms with E-state index in [0.717, 1.165) is 4.31 Å². The maximum atomic E-state index is 13.6. The molecule has 2 aromatic rings. The highest BCUT2D eigenvalue weighted by Crippen LogP contribution is 2.20. The molecule has 0 aromatic heterocycles. The summed E-state index contributed by atoms with van der Waals surface area (Å²) in [6, 6.07) is 9.66. The molecule has 0 aliphatic heterocycles. The smallest absolute Gasteiger partial charge is 0.339 e. The van der Waals surface area contributed by atoms with Gasteiger partial charge < -0.3 is 10.1 Å². The van der Waals surface area contributed by atoms with E-state index < -0.39 is 33.8 Å². The number of ether oxygens (including phenoxy) is 1. The number of rotatable bonds is 6. The summed E-state index contributed by atoms with van der Waals surface area (Å²) in [4.78, 5) is 24.6. The summed E-state index contributed by atoms with van der Waals surface area (Å²) in [5, 5.41) is 2.34. The Morgan fingerprint density at radius 3 is 2.39 bits per heavy atom. The first-order valence-electron chi connectivity index (χ1n) is 8.33. The number of carbonyl (C=O) groups is 2. The normalized spacial score (nSPS) is 12.5. The van der Waals surface area contributed by atoms with Crippen molar-refractivity contribution in [1.82, 2.24) is 4.31 Å². The minimum Gasteiger partial charge on any atom is -0.449 e. The Labute approximate surface area is 163 Å². The van der Waals surface area contributed by atoms with Crippen LogP contribution in [-0.4, -0.2) is 44.8 Å². The van der Waals surface area contributed by atoms with Crippen LogP contribution < -0.4 is 5.32 Å². The molecule has 2 aromatic carbocycles. The van der Waals surface area contributed by atoms with Crippen molar-refractivity contribution in [3.05, 3.63) is 59.4 Å². The quantitative estimate of drug-likeness (QED) is 0.742. The number of halogens is 1. The van der Waals surface area contributed by atoms with Gasteiger partial charge in [0, 0.05) is 14.1 Å². The summed E-state index contributed by atoms with van der Waals surface area (Å²) in [5.41, 5.74) is 0.475. The van der Waals surface area contributed by atoms with Gasteiger partial charge >= 0.3 is 5.97 Å². The molecule has 0 aliphatic rings. The molecule has 0 saturated carbocycles. The maximum Gasteiger partial charge on any atom is 0.339 e.